The Hall–Kier alpha value is -3.62. The smallest absolute Gasteiger partial charge is 0.331 e. The number of nitrogens with zero attached hydrogens (tertiary/aromatic N) is 2. The van der Waals surface area contributed by atoms with E-state index in [0.717, 1.165) is 16.0 Å². The molecule has 0 bridgehead atoms. The van der Waals surface area contributed by atoms with E-state index in [1.807, 2.05) is 60.7 Å². The summed E-state index contributed by atoms with van der Waals surface area (Å²) in [6.07, 6.45) is -0.700. The van der Waals surface area contributed by atoms with Gasteiger partial charge in [0, 0.05) is 5.75 Å². The van der Waals surface area contributed by atoms with E-state index in [0.29, 0.717) is 5.75 Å². The molecule has 0 aliphatic carbocycles. The number of hydrogen-bond donors (Lipinski definition) is 0. The third-order valence-corrected chi connectivity index (χ3v) is 9.29. The highest BCUT2D eigenvalue weighted by atomic mass is 35.5. The summed E-state index contributed by atoms with van der Waals surface area (Å²) in [6.45, 7) is 1.70. The van der Waals surface area contributed by atoms with Crippen LogP contribution in [0.3, 0.4) is 0 Å². The van der Waals surface area contributed by atoms with E-state index in [4.69, 9.17) is 16.3 Å². The first-order valence-electron chi connectivity index (χ1n) is 12.2. The van der Waals surface area contributed by atoms with Crippen molar-refractivity contribution in [2.24, 2.45) is 0 Å². The van der Waals surface area contributed by atoms with Crippen molar-refractivity contribution in [3.05, 3.63) is 107 Å². The maximum atomic E-state index is 13.8. The zero-order chi connectivity index (χ0) is 26.6. The number of rotatable bonds is 5. The molecule has 2 fully saturated rings. The standard InChI is InChI=1S/C29H23ClN2O5S/c1-29(30)16-38-27-21(31-24(33)19-14-8-9-15-20(19)25(31)34)26(35)32(27)23(29)28(36)37-22(17-10-4-2-5-11-17)18-12-6-3-7-13-18/h2-15,21-23,27H,16H2,1H3/t21?,23?,27-,29+/m0/s1. The predicted octanol–water partition coefficient (Wildman–Crippen LogP) is 4.27. The molecule has 0 radical (unpaired) electrons. The van der Waals surface area contributed by atoms with Crippen molar-refractivity contribution in [2.75, 3.05) is 5.75 Å². The Morgan fingerprint density at radius 1 is 0.895 bits per heavy atom. The second kappa shape index (κ2) is 9.29. The lowest BCUT2D eigenvalue weighted by Crippen LogP contribution is -2.78. The molecule has 0 saturated carbocycles. The van der Waals surface area contributed by atoms with Crippen molar-refractivity contribution < 1.29 is 23.9 Å². The molecule has 6 rings (SSSR count). The third-order valence-electron chi connectivity index (χ3n) is 7.20. The van der Waals surface area contributed by atoms with E-state index in [-0.39, 0.29) is 11.1 Å². The molecule has 9 heteroatoms. The molecule has 2 unspecified atom stereocenters. The molecule has 0 spiro atoms. The zero-order valence-electron chi connectivity index (χ0n) is 20.3. The molecular formula is C29H23ClN2O5S. The number of carbonyl (C=O) groups excluding carboxylic acids is 4. The lowest BCUT2D eigenvalue weighted by molar-refractivity contribution is -0.171. The van der Waals surface area contributed by atoms with Crippen LogP contribution in [-0.4, -0.2) is 61.6 Å². The number of β-lactam (4-membered cyclic amide) rings is 1. The summed E-state index contributed by atoms with van der Waals surface area (Å²) < 4.78 is 6.08. The van der Waals surface area contributed by atoms with Crippen LogP contribution in [0, 0.1) is 0 Å². The number of amides is 3. The number of thioether (sulfide) groups is 1. The van der Waals surface area contributed by atoms with E-state index in [1.54, 1.807) is 31.2 Å². The van der Waals surface area contributed by atoms with Crippen LogP contribution in [-0.2, 0) is 14.3 Å². The van der Waals surface area contributed by atoms with Crippen molar-refractivity contribution in [3.8, 4) is 0 Å². The van der Waals surface area contributed by atoms with Gasteiger partial charge >= 0.3 is 5.97 Å². The Bertz CT molecular complexity index is 1370. The van der Waals surface area contributed by atoms with Gasteiger partial charge in [-0.15, -0.1) is 23.4 Å². The molecule has 3 aliphatic heterocycles. The summed E-state index contributed by atoms with van der Waals surface area (Å²) in [5, 5.41) is -0.596. The van der Waals surface area contributed by atoms with Gasteiger partial charge in [0.15, 0.2) is 12.1 Å². The molecule has 38 heavy (non-hydrogen) atoms. The molecule has 3 aliphatic rings. The van der Waals surface area contributed by atoms with Gasteiger partial charge < -0.3 is 9.64 Å². The normalized spacial score (nSPS) is 26.2. The molecule has 0 aromatic heterocycles. The number of halogens is 1. The number of ether oxygens (including phenoxy) is 1. The number of imide groups is 1. The number of benzene rings is 3. The summed E-state index contributed by atoms with van der Waals surface area (Å²) in [6, 6.07) is 23.1. The van der Waals surface area contributed by atoms with Crippen molar-refractivity contribution in [1.29, 1.82) is 0 Å². The Kier molecular flexibility index (Phi) is 6.04. The second-order valence-corrected chi connectivity index (χ2v) is 11.7. The molecule has 3 aromatic carbocycles. The van der Waals surface area contributed by atoms with Gasteiger partial charge in [0.25, 0.3) is 17.7 Å². The summed E-state index contributed by atoms with van der Waals surface area (Å²) in [7, 11) is 0. The van der Waals surface area contributed by atoms with Crippen LogP contribution in [0.25, 0.3) is 0 Å². The van der Waals surface area contributed by atoms with Gasteiger partial charge in [0.05, 0.1) is 16.0 Å². The van der Waals surface area contributed by atoms with Gasteiger partial charge in [-0.3, -0.25) is 19.3 Å². The van der Waals surface area contributed by atoms with Crippen LogP contribution in [0.1, 0.15) is 44.9 Å². The zero-order valence-corrected chi connectivity index (χ0v) is 21.9. The molecule has 0 N–H and O–H groups in total. The van der Waals surface area contributed by atoms with Crippen molar-refractivity contribution in [3.63, 3.8) is 0 Å². The first-order chi connectivity index (χ1) is 18.3. The molecule has 192 valence electrons. The molecule has 3 amide bonds. The maximum absolute atomic E-state index is 13.8. The summed E-state index contributed by atoms with van der Waals surface area (Å²) in [5.41, 5.74) is 2.11. The summed E-state index contributed by atoms with van der Waals surface area (Å²) in [4.78, 5) is 54.8. The molecule has 3 aromatic rings. The highest BCUT2D eigenvalue weighted by Gasteiger charge is 2.65. The average molecular weight is 547 g/mol. The van der Waals surface area contributed by atoms with Crippen LogP contribution < -0.4 is 0 Å². The highest BCUT2D eigenvalue weighted by Crippen LogP contribution is 2.48. The topological polar surface area (TPSA) is 84.0 Å². The van der Waals surface area contributed by atoms with Gasteiger partial charge in [-0.1, -0.05) is 72.8 Å². The Balaban J connectivity index is 1.29. The summed E-state index contributed by atoms with van der Waals surface area (Å²) >= 11 is 8.20. The minimum atomic E-state index is -1.11. The van der Waals surface area contributed by atoms with E-state index in [1.165, 1.54) is 16.7 Å². The lowest BCUT2D eigenvalue weighted by atomic mass is 9.93. The van der Waals surface area contributed by atoms with E-state index in [9.17, 15) is 19.2 Å². The second-order valence-electron chi connectivity index (χ2n) is 9.74. The van der Waals surface area contributed by atoms with Gasteiger partial charge in [-0.05, 0) is 30.2 Å². The van der Waals surface area contributed by atoms with Crippen LogP contribution in [0.4, 0.5) is 0 Å². The Labute approximate surface area is 228 Å². The maximum Gasteiger partial charge on any atom is 0.331 e. The number of carbonyl (C=O) groups is 4. The molecule has 2 saturated heterocycles. The van der Waals surface area contributed by atoms with Gasteiger partial charge in [0.2, 0.25) is 0 Å². The van der Waals surface area contributed by atoms with E-state index < -0.39 is 52.1 Å². The van der Waals surface area contributed by atoms with E-state index in [2.05, 4.69) is 0 Å². The average Bonchev–Trinajstić information content (AvgIpc) is 3.17. The summed E-state index contributed by atoms with van der Waals surface area (Å²) in [5.74, 6) is -1.82. The fraction of sp³-hybridized carbons (Fsp3) is 0.241. The van der Waals surface area contributed by atoms with Crippen LogP contribution in [0.5, 0.6) is 0 Å². The highest BCUT2D eigenvalue weighted by molar-refractivity contribution is 8.00. The quantitative estimate of drug-likeness (QED) is 0.206. The minimum Gasteiger partial charge on any atom is -0.451 e. The molecule has 7 nitrogen and oxygen atoms in total. The van der Waals surface area contributed by atoms with Gasteiger partial charge in [-0.2, -0.15) is 0 Å². The predicted molar refractivity (Wildman–Crippen MR) is 143 cm³/mol. The van der Waals surface area contributed by atoms with Gasteiger partial charge in [-0.25, -0.2) is 4.79 Å². The third kappa shape index (κ3) is 3.82. The van der Waals surface area contributed by atoms with Crippen LogP contribution >= 0.6 is 23.4 Å². The van der Waals surface area contributed by atoms with Crippen molar-refractivity contribution in [2.45, 2.75) is 35.4 Å². The first kappa shape index (κ1) is 24.7. The minimum absolute atomic E-state index is 0.274. The number of fused-ring (bicyclic) bond motifs is 2. The van der Waals surface area contributed by atoms with Crippen LogP contribution in [0.2, 0.25) is 0 Å². The lowest BCUT2D eigenvalue weighted by Gasteiger charge is -2.57. The number of alkyl halides is 1. The largest absolute Gasteiger partial charge is 0.451 e. The fourth-order valence-electron chi connectivity index (χ4n) is 5.36. The monoisotopic (exact) mass is 546 g/mol. The number of esters is 1. The fourth-order valence-corrected chi connectivity index (χ4v) is 7.20. The van der Waals surface area contributed by atoms with Crippen LogP contribution in [0.15, 0.2) is 84.9 Å². The first-order valence-corrected chi connectivity index (χ1v) is 13.6. The van der Waals surface area contributed by atoms with Crippen molar-refractivity contribution in [1.82, 2.24) is 9.80 Å². The Morgan fingerprint density at radius 3 is 1.92 bits per heavy atom. The SMILES string of the molecule is C[C@@]1(Cl)CS[C@H]2C(N3C(=O)c4ccccc4C3=O)C(=O)N2C1C(=O)OC(c1ccccc1)c1ccccc1. The van der Waals surface area contributed by atoms with E-state index >= 15 is 0 Å². The van der Waals surface area contributed by atoms with Crippen molar-refractivity contribution >= 4 is 47.1 Å². The number of hydrogen-bond acceptors (Lipinski definition) is 6. The molecule has 4 atom stereocenters. The molecule has 3 heterocycles. The Morgan fingerprint density at radius 2 is 1.39 bits per heavy atom. The van der Waals surface area contributed by atoms with Gasteiger partial charge in [0.1, 0.15) is 11.4 Å². The molecular weight excluding hydrogens is 524 g/mol.